The number of rotatable bonds is 40. The number of nitrogens with two attached hydrogens (primary N) is 15. The summed E-state index contributed by atoms with van der Waals surface area (Å²) in [6.45, 7) is 0.661. The van der Waals surface area contributed by atoms with Gasteiger partial charge < -0.3 is 148 Å². The molecule has 0 aromatic rings. The highest BCUT2D eigenvalue weighted by Gasteiger charge is 2.48. The van der Waals surface area contributed by atoms with Crippen molar-refractivity contribution in [2.75, 3.05) is 45.8 Å². The number of guanidine groups is 6. The normalized spacial score (nSPS) is 23.0. The number of hydrogen-bond acceptors (Lipinski definition) is 23. The maximum Gasteiger partial charge on any atom is 0.249 e. The first-order chi connectivity index (χ1) is 42.8. The van der Waals surface area contributed by atoms with Gasteiger partial charge in [0.25, 0.3) is 0 Å². The molecule has 7 amide bonds. The number of imide groups is 1. The predicted octanol–water partition coefficient (Wildman–Crippen LogP) is -13.7. The Morgan fingerprint density at radius 3 is 1.03 bits per heavy atom. The average molecular weight is 1300 g/mol. The molecule has 1 unspecified atom stereocenters. The lowest BCUT2D eigenvalue weighted by Crippen LogP contribution is -2.67. The van der Waals surface area contributed by atoms with E-state index in [-0.39, 0.29) is 165 Å². The number of nitrogens with one attached hydrogen (secondary N) is 7. The first-order valence-electron chi connectivity index (χ1n) is 29.5. The fourth-order valence-electron chi connectivity index (χ4n) is 9.44. The van der Waals surface area contributed by atoms with E-state index >= 15 is 0 Å². The topological polar surface area (TPSA) is 768 Å². The fraction of sp³-hybridized carbons (Fsp3) is 0.740. The van der Waals surface area contributed by atoms with Crippen LogP contribution < -0.4 is 123 Å². The Morgan fingerprint density at radius 1 is 0.429 bits per heavy atom. The molecule has 0 aromatic carbocycles. The van der Waals surface area contributed by atoms with E-state index < -0.39 is 139 Å². The maximum absolute atomic E-state index is 14.7. The molecule has 0 bridgehead atoms. The molecule has 0 aromatic heterocycles. The standard InChI is InChI=1S/C50H100N28O13/c1-22(79)73-39(85)26(9-3-15-67-46(56)57)75-41(87)28(11-5-17-69-48(60)61)77-43(89)30(13-7-19-71-50(64)65)78-42(88)29(12-6-18-70-49(62)63)76-40(86)27(10-4-16-68-47(58)59)74-38(84)25(8-2-14-66-45(54)55)72-21-31-34(81)35(82)32(53)44(90-31)91-37-24(52)20-23(51)33(80)36(37)83/h23-37,44,72,80-83H,2-21,51-53H2,1H3,(H,74,84)(H,75,87)(H,76,86)(H,77,89)(H,78,88)(H4,54,55,66)(H4,56,57,67)(H4,58,59,68)(H4,60,61,69)(H4,62,63,70)(H4,64,65,71)(H,73,79,85)/t23-,24+,25-,26-,27-,28-,29-,30-,31-,32-,33+,34-,35-,36-,37?,44-/m1/s1. The Morgan fingerprint density at radius 2 is 0.725 bits per heavy atom. The van der Waals surface area contributed by atoms with Crippen molar-refractivity contribution in [2.24, 2.45) is 116 Å². The second kappa shape index (κ2) is 41.2. The number of aliphatic hydroxyl groups excluding tert-OH is 4. The highest BCUT2D eigenvalue weighted by atomic mass is 16.7. The van der Waals surface area contributed by atoms with Gasteiger partial charge in [-0.1, -0.05) is 0 Å². The van der Waals surface area contributed by atoms with Crippen molar-refractivity contribution in [3.05, 3.63) is 0 Å². The molecule has 41 heteroatoms. The summed E-state index contributed by atoms with van der Waals surface area (Å²) < 4.78 is 11.9. The Labute approximate surface area is 525 Å². The first-order valence-corrected chi connectivity index (χ1v) is 29.5. The van der Waals surface area contributed by atoms with Crippen LogP contribution in [0.5, 0.6) is 0 Å². The minimum Gasteiger partial charge on any atom is -0.389 e. The van der Waals surface area contributed by atoms with Crippen LogP contribution in [0.15, 0.2) is 30.0 Å². The molecule has 2 rings (SSSR count). The molecule has 2 fully saturated rings. The summed E-state index contributed by atoms with van der Waals surface area (Å²) in [5.41, 5.74) is 84.8. The van der Waals surface area contributed by atoms with Crippen molar-refractivity contribution in [2.45, 2.75) is 188 Å². The Bertz CT molecular complexity index is 2510. The van der Waals surface area contributed by atoms with Gasteiger partial charge in [0.05, 0.1) is 18.2 Å². The van der Waals surface area contributed by atoms with Crippen molar-refractivity contribution in [1.29, 1.82) is 0 Å². The zero-order chi connectivity index (χ0) is 68.5. The molecule has 1 saturated heterocycles. The smallest absolute Gasteiger partial charge is 0.249 e. The van der Waals surface area contributed by atoms with Crippen LogP contribution in [0.1, 0.15) is 90.4 Å². The maximum atomic E-state index is 14.7. The third kappa shape index (κ3) is 30.4. The molecule has 91 heavy (non-hydrogen) atoms. The molecule has 0 radical (unpaired) electrons. The van der Waals surface area contributed by atoms with Crippen LogP contribution in [0.25, 0.3) is 0 Å². The first kappa shape index (κ1) is 78.8. The molecule has 16 atom stereocenters. The van der Waals surface area contributed by atoms with Crippen LogP contribution >= 0.6 is 0 Å². The van der Waals surface area contributed by atoms with Crippen molar-refractivity contribution in [3.63, 3.8) is 0 Å². The number of hydrogen-bond donors (Lipinski definition) is 26. The largest absolute Gasteiger partial charge is 0.389 e. The van der Waals surface area contributed by atoms with Gasteiger partial charge >= 0.3 is 0 Å². The Balaban J connectivity index is 2.62. The fourth-order valence-corrected chi connectivity index (χ4v) is 9.44. The van der Waals surface area contributed by atoms with E-state index in [2.05, 4.69) is 67.2 Å². The van der Waals surface area contributed by atoms with Gasteiger partial charge in [0, 0.05) is 64.8 Å². The second-order valence-electron chi connectivity index (χ2n) is 21.8. The Kier molecular flexibility index (Phi) is 35.6. The molecular weight excluding hydrogens is 1200 g/mol. The third-order valence-corrected chi connectivity index (χ3v) is 14.1. The molecule has 1 aliphatic carbocycles. The summed E-state index contributed by atoms with van der Waals surface area (Å²) >= 11 is 0. The molecule has 41 nitrogen and oxygen atoms in total. The lowest BCUT2D eigenvalue weighted by atomic mass is 9.84. The zero-order valence-corrected chi connectivity index (χ0v) is 51.2. The quantitative estimate of drug-likeness (QED) is 0.0154. The van der Waals surface area contributed by atoms with E-state index in [4.69, 9.17) is 95.5 Å². The molecule has 1 aliphatic heterocycles. The van der Waals surface area contributed by atoms with Gasteiger partial charge in [-0.25, -0.2) is 0 Å². The summed E-state index contributed by atoms with van der Waals surface area (Å²) in [5.74, 6) is -7.69. The molecule has 41 N–H and O–H groups in total. The average Bonchev–Trinajstić information content (AvgIpc) is 0.848. The van der Waals surface area contributed by atoms with Crippen LogP contribution in [0.2, 0.25) is 0 Å². The SMILES string of the molecule is CC(=O)NC(=O)[C@@H](CCCN=C(N)N)NC(=O)[C@@H](CCCN=C(N)N)NC(=O)[C@@H](CCCN=C(N)N)NC(=O)[C@@H](CCCN=C(N)N)NC(=O)[C@@H](CCCN=C(N)N)NC(=O)[C@@H](CCCN=C(N)N)NC[C@H]1O[C@H](OC2[C@@H](N)C[C@@H](N)[C@H](O)[C@H]2O)[C@H](N)[C@@H](O)[C@@H]1O. The lowest BCUT2D eigenvalue weighted by Gasteiger charge is -2.46. The van der Waals surface area contributed by atoms with Crippen molar-refractivity contribution in [1.82, 2.24) is 37.2 Å². The van der Waals surface area contributed by atoms with Crippen LogP contribution in [-0.4, -0.2) is 241 Å². The number of aliphatic hydroxyl groups is 4. The monoisotopic (exact) mass is 1300 g/mol. The van der Waals surface area contributed by atoms with Crippen LogP contribution in [0.3, 0.4) is 0 Å². The number of carbonyl (C=O) groups excluding carboxylic acids is 7. The zero-order valence-electron chi connectivity index (χ0n) is 51.2. The van der Waals surface area contributed by atoms with Crippen molar-refractivity contribution in [3.8, 4) is 0 Å². The van der Waals surface area contributed by atoms with Gasteiger partial charge in [-0.2, -0.15) is 0 Å². The molecule has 0 spiro atoms. The van der Waals surface area contributed by atoms with E-state index in [1.807, 2.05) is 0 Å². The van der Waals surface area contributed by atoms with Crippen LogP contribution in [0, 0.1) is 0 Å². The van der Waals surface area contributed by atoms with E-state index in [0.717, 1.165) is 6.92 Å². The van der Waals surface area contributed by atoms with Crippen molar-refractivity contribution < 1.29 is 63.5 Å². The minimum absolute atomic E-state index is 0.00861. The van der Waals surface area contributed by atoms with Crippen LogP contribution in [0.4, 0.5) is 0 Å². The molecule has 2 aliphatic rings. The number of carbonyl (C=O) groups is 7. The number of nitrogens with zero attached hydrogens (tertiary/aromatic N) is 6. The second-order valence-corrected chi connectivity index (χ2v) is 21.8. The van der Waals surface area contributed by atoms with Gasteiger partial charge in [0.2, 0.25) is 41.4 Å². The minimum atomic E-state index is -1.69. The van der Waals surface area contributed by atoms with E-state index in [1.54, 1.807) is 0 Å². The van der Waals surface area contributed by atoms with Gasteiger partial charge in [0.15, 0.2) is 42.0 Å². The summed E-state index contributed by atoms with van der Waals surface area (Å²) in [5, 5.41) is 61.8. The highest BCUT2D eigenvalue weighted by Crippen LogP contribution is 2.27. The molecule has 1 saturated carbocycles. The summed E-state index contributed by atoms with van der Waals surface area (Å²) in [7, 11) is 0. The number of amides is 7. The number of ether oxygens (including phenoxy) is 2. The van der Waals surface area contributed by atoms with Gasteiger partial charge in [-0.15, -0.1) is 0 Å². The van der Waals surface area contributed by atoms with Crippen molar-refractivity contribution >= 4 is 77.1 Å². The van der Waals surface area contributed by atoms with Crippen LogP contribution in [-0.2, 0) is 43.0 Å². The summed E-state index contributed by atoms with van der Waals surface area (Å²) in [6, 6.07) is -11.7. The van der Waals surface area contributed by atoms with E-state index in [1.165, 1.54) is 0 Å². The highest BCUT2D eigenvalue weighted by molar-refractivity contribution is 6.00. The van der Waals surface area contributed by atoms with Gasteiger partial charge in [0.1, 0.15) is 60.7 Å². The summed E-state index contributed by atoms with van der Waals surface area (Å²) in [6.07, 6.45) is -10.7. The third-order valence-electron chi connectivity index (χ3n) is 14.1. The predicted molar refractivity (Wildman–Crippen MR) is 336 cm³/mol. The summed E-state index contributed by atoms with van der Waals surface area (Å²) in [4.78, 5) is 121. The van der Waals surface area contributed by atoms with E-state index in [0.29, 0.717) is 0 Å². The number of aliphatic imine (C=N–C) groups is 6. The molecular formula is C50H100N28O13. The Hall–Kier alpha value is -8.29. The van der Waals surface area contributed by atoms with E-state index in [9.17, 15) is 54.0 Å². The van der Waals surface area contributed by atoms with Gasteiger partial charge in [-0.3, -0.25) is 68.8 Å². The van der Waals surface area contributed by atoms with Gasteiger partial charge in [-0.05, 0) is 83.5 Å². The molecule has 1 heterocycles. The lowest BCUT2D eigenvalue weighted by molar-refractivity contribution is -0.288. The molecule has 518 valence electrons.